The molecule has 0 spiro atoms. The SMILES string of the molecule is C[C@@H](NC[C@H]1C[C@H](c2ccc(C(C)(C)C(=O)O)cc2)c2ccccc2O1)c1cccc2ccccc12. The second-order valence-corrected chi connectivity index (χ2v) is 10.3. The molecule has 4 aromatic carbocycles. The maximum atomic E-state index is 11.7. The fourth-order valence-corrected chi connectivity index (χ4v) is 5.24. The standard InChI is InChI=1S/C32H33NO3/c1-21(26-13-8-10-22-9-4-5-11-27(22)26)33-20-25-19-29(28-12-6-7-14-30(28)36-25)23-15-17-24(18-16-23)32(2,3)31(34)35/h4-18,21,25,29,33H,19-20H2,1-3H3,(H,34,35)/t21-,25-,29-/m1/s1. The highest BCUT2D eigenvalue weighted by Gasteiger charge is 2.32. The molecule has 0 saturated heterocycles. The predicted octanol–water partition coefficient (Wildman–Crippen LogP) is 6.84. The van der Waals surface area contributed by atoms with Gasteiger partial charge in [0.25, 0.3) is 0 Å². The lowest BCUT2D eigenvalue weighted by molar-refractivity contribution is -0.142. The van der Waals surface area contributed by atoms with Crippen molar-refractivity contribution < 1.29 is 14.6 Å². The molecule has 4 aromatic rings. The number of carboxylic acid groups (broad SMARTS) is 1. The summed E-state index contributed by atoms with van der Waals surface area (Å²) in [6, 6.07) is 31.5. The number of rotatable bonds is 7. The zero-order valence-electron chi connectivity index (χ0n) is 21.1. The molecular formula is C32H33NO3. The van der Waals surface area contributed by atoms with Crippen molar-refractivity contribution in [1.29, 1.82) is 0 Å². The van der Waals surface area contributed by atoms with Gasteiger partial charge in [-0.05, 0) is 60.7 Å². The summed E-state index contributed by atoms with van der Waals surface area (Å²) < 4.78 is 6.43. The topological polar surface area (TPSA) is 58.6 Å². The third kappa shape index (κ3) is 4.61. The van der Waals surface area contributed by atoms with Crippen LogP contribution in [-0.4, -0.2) is 23.7 Å². The number of carbonyl (C=O) groups is 1. The minimum atomic E-state index is -0.920. The number of benzene rings is 4. The molecule has 4 heteroatoms. The predicted molar refractivity (Wildman–Crippen MR) is 145 cm³/mol. The molecule has 0 unspecified atom stereocenters. The third-order valence-electron chi connectivity index (χ3n) is 7.60. The number of ether oxygens (including phenoxy) is 1. The van der Waals surface area contributed by atoms with Crippen LogP contribution in [0.2, 0.25) is 0 Å². The van der Waals surface area contributed by atoms with Crippen molar-refractivity contribution in [3.63, 3.8) is 0 Å². The smallest absolute Gasteiger partial charge is 0.313 e. The first kappa shape index (κ1) is 24.1. The first-order valence-corrected chi connectivity index (χ1v) is 12.6. The molecule has 0 aromatic heterocycles. The number of aliphatic carboxylic acids is 1. The lowest BCUT2D eigenvalue weighted by atomic mass is 9.80. The minimum Gasteiger partial charge on any atom is -0.489 e. The number of carboxylic acids is 1. The summed E-state index contributed by atoms with van der Waals surface area (Å²) in [7, 11) is 0. The molecule has 0 amide bonds. The average molecular weight is 480 g/mol. The van der Waals surface area contributed by atoms with Crippen LogP contribution in [0, 0.1) is 0 Å². The zero-order chi connectivity index (χ0) is 25.3. The largest absolute Gasteiger partial charge is 0.489 e. The van der Waals surface area contributed by atoms with E-state index in [-0.39, 0.29) is 18.1 Å². The van der Waals surface area contributed by atoms with Crippen LogP contribution in [0.3, 0.4) is 0 Å². The van der Waals surface area contributed by atoms with Crippen molar-refractivity contribution in [2.75, 3.05) is 6.54 Å². The van der Waals surface area contributed by atoms with Gasteiger partial charge >= 0.3 is 5.97 Å². The van der Waals surface area contributed by atoms with Gasteiger partial charge in [-0.25, -0.2) is 0 Å². The summed E-state index contributed by atoms with van der Waals surface area (Å²) in [4.78, 5) is 11.7. The number of hydrogen-bond acceptors (Lipinski definition) is 3. The van der Waals surface area contributed by atoms with E-state index >= 15 is 0 Å². The van der Waals surface area contributed by atoms with E-state index in [1.54, 1.807) is 13.8 Å². The van der Waals surface area contributed by atoms with Gasteiger partial charge in [-0.1, -0.05) is 84.9 Å². The van der Waals surface area contributed by atoms with Crippen molar-refractivity contribution in [3.8, 4) is 5.75 Å². The summed E-state index contributed by atoms with van der Waals surface area (Å²) in [5.41, 5.74) is 3.54. The van der Waals surface area contributed by atoms with E-state index < -0.39 is 11.4 Å². The number of fused-ring (bicyclic) bond motifs is 2. The van der Waals surface area contributed by atoms with Crippen LogP contribution in [0.1, 0.15) is 61.4 Å². The monoisotopic (exact) mass is 479 g/mol. The molecule has 1 aliphatic rings. The molecule has 4 nitrogen and oxygen atoms in total. The van der Waals surface area contributed by atoms with E-state index in [1.807, 2.05) is 24.3 Å². The number of hydrogen-bond donors (Lipinski definition) is 2. The minimum absolute atomic E-state index is 0.0254. The van der Waals surface area contributed by atoms with E-state index in [1.165, 1.54) is 27.5 Å². The molecule has 0 bridgehead atoms. The van der Waals surface area contributed by atoms with E-state index in [2.05, 4.69) is 79.0 Å². The molecular weight excluding hydrogens is 446 g/mol. The lowest BCUT2D eigenvalue weighted by Crippen LogP contribution is -2.37. The Labute approximate surface area is 212 Å². The van der Waals surface area contributed by atoms with Gasteiger partial charge in [-0.15, -0.1) is 0 Å². The Morgan fingerprint density at radius 2 is 1.67 bits per heavy atom. The van der Waals surface area contributed by atoms with Gasteiger partial charge in [-0.2, -0.15) is 0 Å². The number of nitrogens with one attached hydrogen (secondary N) is 1. The second kappa shape index (κ2) is 9.79. The molecule has 0 aliphatic carbocycles. The van der Waals surface area contributed by atoms with Crippen LogP contribution in [0.25, 0.3) is 10.8 Å². The summed E-state index contributed by atoms with van der Waals surface area (Å²) in [5.74, 6) is 0.294. The van der Waals surface area contributed by atoms with Crippen molar-refractivity contribution in [2.45, 2.75) is 50.7 Å². The Hall–Kier alpha value is -3.63. The van der Waals surface area contributed by atoms with Gasteiger partial charge in [0.2, 0.25) is 0 Å². The number of para-hydroxylation sites is 1. The van der Waals surface area contributed by atoms with Gasteiger partial charge in [0.05, 0.1) is 5.41 Å². The Morgan fingerprint density at radius 1 is 0.972 bits per heavy atom. The molecule has 5 rings (SSSR count). The second-order valence-electron chi connectivity index (χ2n) is 10.3. The van der Waals surface area contributed by atoms with E-state index in [4.69, 9.17) is 4.74 Å². The Balaban J connectivity index is 1.35. The quantitative estimate of drug-likeness (QED) is 0.305. The molecule has 0 fully saturated rings. The fourth-order valence-electron chi connectivity index (χ4n) is 5.24. The fraction of sp³-hybridized carbons (Fsp3) is 0.281. The lowest BCUT2D eigenvalue weighted by Gasteiger charge is -2.33. The summed E-state index contributed by atoms with van der Waals surface area (Å²) >= 11 is 0. The van der Waals surface area contributed by atoms with Crippen LogP contribution >= 0.6 is 0 Å². The summed E-state index contributed by atoms with van der Waals surface area (Å²) in [6.07, 6.45) is 0.881. The molecule has 3 atom stereocenters. The van der Waals surface area contributed by atoms with E-state index in [0.29, 0.717) is 0 Å². The Bertz CT molecular complexity index is 1370. The van der Waals surface area contributed by atoms with Crippen LogP contribution < -0.4 is 10.1 Å². The molecule has 0 radical (unpaired) electrons. The first-order valence-electron chi connectivity index (χ1n) is 12.6. The summed E-state index contributed by atoms with van der Waals surface area (Å²) in [5, 5.41) is 15.8. The third-order valence-corrected chi connectivity index (χ3v) is 7.60. The molecule has 184 valence electrons. The summed E-state index contributed by atoms with van der Waals surface area (Å²) in [6.45, 7) is 6.43. The molecule has 36 heavy (non-hydrogen) atoms. The average Bonchev–Trinajstić information content (AvgIpc) is 2.91. The Morgan fingerprint density at radius 3 is 2.44 bits per heavy atom. The van der Waals surface area contributed by atoms with Crippen LogP contribution in [0.15, 0.2) is 91.0 Å². The van der Waals surface area contributed by atoms with Crippen LogP contribution in [-0.2, 0) is 10.2 Å². The normalized spacial score (nSPS) is 18.3. The van der Waals surface area contributed by atoms with E-state index in [9.17, 15) is 9.90 Å². The molecule has 0 saturated carbocycles. The first-order chi connectivity index (χ1) is 17.3. The molecule has 1 heterocycles. The Kier molecular flexibility index (Phi) is 6.55. The van der Waals surface area contributed by atoms with Crippen molar-refractivity contribution in [3.05, 3.63) is 113 Å². The van der Waals surface area contributed by atoms with Gasteiger partial charge < -0.3 is 15.2 Å². The van der Waals surface area contributed by atoms with Crippen molar-refractivity contribution in [2.24, 2.45) is 0 Å². The maximum Gasteiger partial charge on any atom is 0.313 e. The maximum absolute atomic E-state index is 11.7. The zero-order valence-corrected chi connectivity index (χ0v) is 21.1. The highest BCUT2D eigenvalue weighted by Crippen LogP contribution is 2.41. The van der Waals surface area contributed by atoms with Gasteiger partial charge in [0.15, 0.2) is 0 Å². The molecule has 1 aliphatic heterocycles. The van der Waals surface area contributed by atoms with Crippen LogP contribution in [0.4, 0.5) is 0 Å². The van der Waals surface area contributed by atoms with Gasteiger partial charge in [0.1, 0.15) is 11.9 Å². The van der Waals surface area contributed by atoms with Gasteiger partial charge in [0, 0.05) is 24.1 Å². The highest BCUT2D eigenvalue weighted by molar-refractivity contribution is 5.86. The van der Waals surface area contributed by atoms with Crippen molar-refractivity contribution >= 4 is 16.7 Å². The van der Waals surface area contributed by atoms with E-state index in [0.717, 1.165) is 24.3 Å². The van der Waals surface area contributed by atoms with Crippen LogP contribution in [0.5, 0.6) is 5.75 Å². The van der Waals surface area contributed by atoms with Crippen molar-refractivity contribution in [1.82, 2.24) is 5.32 Å². The van der Waals surface area contributed by atoms with Gasteiger partial charge in [-0.3, -0.25) is 4.79 Å². The molecule has 2 N–H and O–H groups in total. The highest BCUT2D eigenvalue weighted by atomic mass is 16.5.